The van der Waals surface area contributed by atoms with Crippen molar-refractivity contribution in [2.75, 3.05) is 33.4 Å². The molecule has 1 saturated carbocycles. The Bertz CT molecular complexity index is 221. The molecule has 1 heterocycles. The van der Waals surface area contributed by atoms with Gasteiger partial charge in [0.05, 0.1) is 0 Å². The second-order valence-corrected chi connectivity index (χ2v) is 6.14. The van der Waals surface area contributed by atoms with Gasteiger partial charge in [-0.3, -0.25) is 4.90 Å². The van der Waals surface area contributed by atoms with E-state index >= 15 is 0 Å². The number of hydrogen-bond acceptors (Lipinski definition) is 3. The molecule has 1 atom stereocenters. The molecule has 0 spiro atoms. The number of hydrogen-bond donors (Lipinski definition) is 1. The van der Waals surface area contributed by atoms with Gasteiger partial charge in [0.1, 0.15) is 0 Å². The quantitative estimate of drug-likeness (QED) is 0.818. The molecule has 18 heavy (non-hydrogen) atoms. The summed E-state index contributed by atoms with van der Waals surface area (Å²) in [7, 11) is 1.82. The fourth-order valence-electron chi connectivity index (χ4n) is 3.85. The normalized spacial score (nSPS) is 26.3. The van der Waals surface area contributed by atoms with E-state index in [2.05, 4.69) is 4.90 Å². The van der Waals surface area contributed by atoms with Crippen molar-refractivity contribution in [2.45, 2.75) is 51.0 Å². The van der Waals surface area contributed by atoms with Crippen LogP contribution in [0.1, 0.15) is 44.9 Å². The van der Waals surface area contributed by atoms with Crippen molar-refractivity contribution < 1.29 is 4.74 Å². The predicted molar refractivity (Wildman–Crippen MR) is 75.6 cm³/mol. The summed E-state index contributed by atoms with van der Waals surface area (Å²) in [6.45, 7) is 4.24. The first-order chi connectivity index (χ1) is 8.85. The molecule has 1 saturated heterocycles. The van der Waals surface area contributed by atoms with Crippen molar-refractivity contribution >= 4 is 0 Å². The van der Waals surface area contributed by atoms with E-state index in [4.69, 9.17) is 10.5 Å². The number of piperidine rings is 1. The van der Waals surface area contributed by atoms with E-state index in [9.17, 15) is 0 Å². The Morgan fingerprint density at radius 2 is 1.78 bits per heavy atom. The number of nitrogens with zero attached hydrogens (tertiary/aromatic N) is 1. The van der Waals surface area contributed by atoms with Gasteiger partial charge >= 0.3 is 0 Å². The average Bonchev–Trinajstić information content (AvgIpc) is 2.43. The van der Waals surface area contributed by atoms with Gasteiger partial charge in [-0.15, -0.1) is 0 Å². The van der Waals surface area contributed by atoms with Crippen LogP contribution in [0.15, 0.2) is 0 Å². The fraction of sp³-hybridized carbons (Fsp3) is 1.00. The van der Waals surface area contributed by atoms with Crippen LogP contribution in [0.25, 0.3) is 0 Å². The van der Waals surface area contributed by atoms with Crippen molar-refractivity contribution in [2.24, 2.45) is 17.6 Å². The largest absolute Gasteiger partial charge is 0.384 e. The zero-order chi connectivity index (χ0) is 12.8. The fourth-order valence-corrected chi connectivity index (χ4v) is 3.85. The first-order valence-electron chi connectivity index (χ1n) is 7.78. The summed E-state index contributed by atoms with van der Waals surface area (Å²) >= 11 is 0. The number of methoxy groups -OCH3 is 1. The highest BCUT2D eigenvalue weighted by molar-refractivity contribution is 4.85. The van der Waals surface area contributed by atoms with Gasteiger partial charge in [-0.2, -0.15) is 0 Å². The number of nitrogens with two attached hydrogens (primary N) is 1. The summed E-state index contributed by atoms with van der Waals surface area (Å²) in [6, 6.07) is 0.647. The molecule has 0 radical (unpaired) electrons. The topological polar surface area (TPSA) is 38.5 Å². The SMILES string of the molecule is COCC1CCN(C(CN)C2CCCCC2)CC1. The van der Waals surface area contributed by atoms with Crippen LogP contribution in [0.5, 0.6) is 0 Å². The molecule has 1 aliphatic carbocycles. The summed E-state index contributed by atoms with van der Waals surface area (Å²) in [5, 5.41) is 0. The van der Waals surface area contributed by atoms with Crippen LogP contribution >= 0.6 is 0 Å². The van der Waals surface area contributed by atoms with E-state index in [1.165, 1.54) is 58.0 Å². The van der Waals surface area contributed by atoms with Crippen molar-refractivity contribution in [1.82, 2.24) is 4.90 Å². The minimum Gasteiger partial charge on any atom is -0.384 e. The van der Waals surface area contributed by atoms with Crippen LogP contribution in [-0.4, -0.2) is 44.3 Å². The summed E-state index contributed by atoms with van der Waals surface area (Å²) in [4.78, 5) is 2.67. The lowest BCUT2D eigenvalue weighted by Crippen LogP contribution is -2.49. The van der Waals surface area contributed by atoms with Gasteiger partial charge in [0, 0.05) is 26.3 Å². The maximum Gasteiger partial charge on any atom is 0.0491 e. The molecule has 3 nitrogen and oxygen atoms in total. The lowest BCUT2D eigenvalue weighted by atomic mass is 9.82. The monoisotopic (exact) mass is 254 g/mol. The Kier molecular flexibility index (Phi) is 5.93. The summed E-state index contributed by atoms with van der Waals surface area (Å²) in [5.41, 5.74) is 6.06. The van der Waals surface area contributed by atoms with Gasteiger partial charge in [0.15, 0.2) is 0 Å². The van der Waals surface area contributed by atoms with Gasteiger partial charge < -0.3 is 10.5 Å². The van der Waals surface area contributed by atoms with Crippen LogP contribution in [0, 0.1) is 11.8 Å². The molecule has 2 fully saturated rings. The van der Waals surface area contributed by atoms with Crippen molar-refractivity contribution in [3.63, 3.8) is 0 Å². The third-order valence-corrected chi connectivity index (χ3v) is 4.96. The Hall–Kier alpha value is -0.120. The molecular weight excluding hydrogens is 224 g/mol. The first-order valence-corrected chi connectivity index (χ1v) is 7.78. The summed E-state index contributed by atoms with van der Waals surface area (Å²) < 4.78 is 5.28. The Balaban J connectivity index is 1.81. The molecule has 1 aliphatic heterocycles. The zero-order valence-electron chi connectivity index (χ0n) is 11.9. The lowest BCUT2D eigenvalue weighted by Gasteiger charge is -2.41. The second-order valence-electron chi connectivity index (χ2n) is 6.14. The molecule has 2 aliphatic rings. The van der Waals surface area contributed by atoms with Gasteiger partial charge in [-0.1, -0.05) is 19.3 Å². The van der Waals surface area contributed by atoms with Crippen molar-refractivity contribution in [3.8, 4) is 0 Å². The van der Waals surface area contributed by atoms with Gasteiger partial charge in [-0.05, 0) is 50.6 Å². The molecule has 3 heteroatoms. The van der Waals surface area contributed by atoms with Crippen molar-refractivity contribution in [3.05, 3.63) is 0 Å². The van der Waals surface area contributed by atoms with Crippen LogP contribution < -0.4 is 5.73 Å². The molecule has 0 bridgehead atoms. The third-order valence-electron chi connectivity index (χ3n) is 4.96. The van der Waals surface area contributed by atoms with Crippen LogP contribution in [-0.2, 0) is 4.74 Å². The van der Waals surface area contributed by atoms with E-state index in [1.54, 1.807) is 0 Å². The van der Waals surface area contributed by atoms with E-state index < -0.39 is 0 Å². The maximum atomic E-state index is 6.06. The van der Waals surface area contributed by atoms with Crippen molar-refractivity contribution in [1.29, 1.82) is 0 Å². The number of rotatable bonds is 5. The van der Waals surface area contributed by atoms with Gasteiger partial charge in [-0.25, -0.2) is 0 Å². The number of ether oxygens (including phenoxy) is 1. The first kappa shape index (κ1) is 14.3. The predicted octanol–water partition coefficient (Wildman–Crippen LogP) is 2.25. The molecule has 106 valence electrons. The zero-order valence-corrected chi connectivity index (χ0v) is 11.9. The summed E-state index contributed by atoms with van der Waals surface area (Å²) in [5.74, 6) is 1.64. The third kappa shape index (κ3) is 3.69. The van der Waals surface area contributed by atoms with E-state index in [-0.39, 0.29) is 0 Å². The minimum absolute atomic E-state index is 0.647. The molecule has 0 aromatic heterocycles. The molecule has 0 aromatic rings. The summed E-state index contributed by atoms with van der Waals surface area (Å²) in [6.07, 6.45) is 9.65. The van der Waals surface area contributed by atoms with Crippen LogP contribution in [0.2, 0.25) is 0 Å². The minimum atomic E-state index is 0.647. The molecule has 1 unspecified atom stereocenters. The van der Waals surface area contributed by atoms with E-state index in [0.717, 1.165) is 25.0 Å². The average molecular weight is 254 g/mol. The lowest BCUT2D eigenvalue weighted by molar-refractivity contribution is 0.0559. The maximum absolute atomic E-state index is 6.06. The molecule has 0 amide bonds. The molecule has 0 aromatic carbocycles. The standard InChI is InChI=1S/C15H30N2O/c1-18-12-13-7-9-17(10-8-13)15(11-16)14-5-3-2-4-6-14/h13-15H,2-12,16H2,1H3. The van der Waals surface area contributed by atoms with Gasteiger partial charge in [0.2, 0.25) is 0 Å². The molecular formula is C15H30N2O. The van der Waals surface area contributed by atoms with E-state index in [1.807, 2.05) is 7.11 Å². The Morgan fingerprint density at radius 1 is 1.11 bits per heavy atom. The molecule has 2 rings (SSSR count). The second kappa shape index (κ2) is 7.46. The highest BCUT2D eigenvalue weighted by atomic mass is 16.5. The van der Waals surface area contributed by atoms with Crippen LogP contribution in [0.4, 0.5) is 0 Å². The smallest absolute Gasteiger partial charge is 0.0491 e. The Morgan fingerprint density at radius 3 is 2.33 bits per heavy atom. The Labute approximate surface area is 112 Å². The van der Waals surface area contributed by atoms with Gasteiger partial charge in [0.25, 0.3) is 0 Å². The van der Waals surface area contributed by atoms with Crippen LogP contribution in [0.3, 0.4) is 0 Å². The van der Waals surface area contributed by atoms with E-state index in [0.29, 0.717) is 6.04 Å². The highest BCUT2D eigenvalue weighted by Crippen LogP contribution is 2.30. The number of likely N-dealkylation sites (tertiary alicyclic amines) is 1. The highest BCUT2D eigenvalue weighted by Gasteiger charge is 2.30. The molecule has 2 N–H and O–H groups in total.